The molecule has 0 saturated carbocycles. The molecule has 1 N–H and O–H groups in total. The molecule has 4 nitrogen and oxygen atoms in total. The Kier molecular flexibility index (Phi) is 5.26. The van der Waals surface area contributed by atoms with E-state index in [-0.39, 0.29) is 16.6 Å². The molecule has 0 fully saturated rings. The highest BCUT2D eigenvalue weighted by molar-refractivity contribution is 5.73. The van der Waals surface area contributed by atoms with E-state index in [1.54, 1.807) is 4.80 Å². The molecule has 28 heavy (non-hydrogen) atoms. The molecule has 0 radical (unpaired) electrons. The highest BCUT2D eigenvalue weighted by Gasteiger charge is 2.23. The van der Waals surface area contributed by atoms with Gasteiger partial charge in [-0.1, -0.05) is 66.7 Å². The number of benzene rings is 2. The smallest absolute Gasteiger partial charge is 0.146 e. The van der Waals surface area contributed by atoms with Gasteiger partial charge in [0, 0.05) is 0 Å². The first kappa shape index (κ1) is 20.4. The van der Waals surface area contributed by atoms with Gasteiger partial charge in [-0.25, -0.2) is 0 Å². The van der Waals surface area contributed by atoms with Gasteiger partial charge in [-0.05, 0) is 58.9 Å². The largest absolute Gasteiger partial charge is 0.505 e. The van der Waals surface area contributed by atoms with Crippen molar-refractivity contribution < 1.29 is 5.11 Å². The van der Waals surface area contributed by atoms with E-state index in [2.05, 4.69) is 64.7 Å². The van der Waals surface area contributed by atoms with E-state index >= 15 is 0 Å². The number of aryl methyl sites for hydroxylation is 1. The summed E-state index contributed by atoms with van der Waals surface area (Å²) in [4.78, 5) is 1.58. The average molecular weight is 380 g/mol. The first-order valence-corrected chi connectivity index (χ1v) is 10.2. The Balaban J connectivity index is 2.06. The lowest BCUT2D eigenvalue weighted by molar-refractivity contribution is 0.246. The predicted molar refractivity (Wildman–Crippen MR) is 116 cm³/mol. The van der Waals surface area contributed by atoms with Gasteiger partial charge >= 0.3 is 0 Å². The Hall–Kier alpha value is -2.36. The third-order valence-electron chi connectivity index (χ3n) is 5.86. The number of phenols is 1. The molecule has 0 spiro atoms. The number of nitrogens with zero attached hydrogens (tertiary/aromatic N) is 3. The highest BCUT2D eigenvalue weighted by atomic mass is 16.3. The van der Waals surface area contributed by atoms with Crippen LogP contribution in [-0.2, 0) is 11.8 Å². The van der Waals surface area contributed by atoms with E-state index in [0.717, 1.165) is 29.4 Å². The molecular weight excluding hydrogens is 346 g/mol. The van der Waals surface area contributed by atoms with E-state index in [0.29, 0.717) is 11.6 Å². The molecule has 1 aromatic heterocycles. The second kappa shape index (κ2) is 7.23. The van der Waals surface area contributed by atoms with Crippen molar-refractivity contribution >= 4 is 11.0 Å². The van der Waals surface area contributed by atoms with Crippen LogP contribution in [0.1, 0.15) is 66.0 Å². The van der Waals surface area contributed by atoms with Crippen molar-refractivity contribution in [1.82, 2.24) is 15.0 Å². The lowest BCUT2D eigenvalue weighted by atomic mass is 9.78. The average Bonchev–Trinajstić information content (AvgIpc) is 3.02. The van der Waals surface area contributed by atoms with Crippen LogP contribution in [-0.4, -0.2) is 20.1 Å². The van der Waals surface area contributed by atoms with Crippen LogP contribution in [0.3, 0.4) is 0 Å². The molecule has 1 atom stereocenters. The second-order valence-corrected chi connectivity index (χ2v) is 10.0. The fourth-order valence-electron chi connectivity index (χ4n) is 3.23. The summed E-state index contributed by atoms with van der Waals surface area (Å²) in [6, 6.07) is 11.9. The molecule has 0 amide bonds. The van der Waals surface area contributed by atoms with Crippen LogP contribution in [0.15, 0.2) is 36.4 Å². The Bertz CT molecular complexity index is 941. The summed E-state index contributed by atoms with van der Waals surface area (Å²) in [5.74, 6) is 0.841. The molecule has 1 unspecified atom stereocenters. The molecule has 3 aromatic rings. The van der Waals surface area contributed by atoms with Crippen LogP contribution in [0.5, 0.6) is 5.75 Å². The molecule has 2 aromatic carbocycles. The summed E-state index contributed by atoms with van der Waals surface area (Å²) in [6.45, 7) is 15.7. The summed E-state index contributed by atoms with van der Waals surface area (Å²) >= 11 is 0. The molecule has 0 saturated heterocycles. The number of phenolic OH excluding ortho intramolecular Hbond substituents is 1. The number of aromatic hydroxyl groups is 1. The summed E-state index contributed by atoms with van der Waals surface area (Å²) in [5.41, 5.74) is 4.68. The van der Waals surface area contributed by atoms with Gasteiger partial charge in [0.15, 0.2) is 0 Å². The summed E-state index contributed by atoms with van der Waals surface area (Å²) in [5, 5.41) is 20.2. The van der Waals surface area contributed by atoms with Gasteiger partial charge in [-0.15, -0.1) is 15.0 Å². The summed E-state index contributed by atoms with van der Waals surface area (Å²) < 4.78 is 0. The van der Waals surface area contributed by atoms with Crippen LogP contribution in [0.2, 0.25) is 0 Å². The minimum atomic E-state index is -0.0284. The second-order valence-electron chi connectivity index (χ2n) is 10.0. The number of hydrogen-bond acceptors (Lipinski definition) is 3. The maximum Gasteiger partial charge on any atom is 0.146 e. The zero-order chi connectivity index (χ0) is 20.7. The number of aromatic nitrogens is 3. The topological polar surface area (TPSA) is 50.9 Å². The lowest BCUT2D eigenvalue weighted by Crippen LogP contribution is -2.18. The molecule has 3 rings (SSSR count). The number of fused-ring (bicyclic) bond motifs is 1. The van der Waals surface area contributed by atoms with E-state index < -0.39 is 0 Å². The normalized spacial score (nSPS) is 13.8. The maximum absolute atomic E-state index is 11.1. The summed E-state index contributed by atoms with van der Waals surface area (Å²) in [6.07, 6.45) is 1.86. The van der Waals surface area contributed by atoms with Gasteiger partial charge in [0.1, 0.15) is 22.5 Å². The number of rotatable bonds is 4. The molecule has 4 heteroatoms. The fourth-order valence-corrected chi connectivity index (χ4v) is 3.23. The third-order valence-corrected chi connectivity index (χ3v) is 5.86. The lowest BCUT2D eigenvalue weighted by Gasteiger charge is -2.28. The van der Waals surface area contributed by atoms with Crippen molar-refractivity contribution in [2.24, 2.45) is 11.3 Å². The number of hydrogen-bond donors (Lipinski definition) is 1. The minimum Gasteiger partial charge on any atom is -0.505 e. The van der Waals surface area contributed by atoms with Crippen LogP contribution >= 0.6 is 0 Å². The molecule has 0 aliphatic carbocycles. The Morgan fingerprint density at radius 3 is 2.04 bits per heavy atom. The van der Waals surface area contributed by atoms with Gasteiger partial charge in [0.2, 0.25) is 0 Å². The Morgan fingerprint density at radius 2 is 1.54 bits per heavy atom. The molecule has 1 heterocycles. The SMILES string of the molecule is CC(CCc1cc(C(C)(C)C)cc(-n2nc3ccccc3n2)c1O)C(C)(C)C. The highest BCUT2D eigenvalue weighted by Crippen LogP contribution is 2.36. The van der Waals surface area contributed by atoms with Gasteiger partial charge in [0.05, 0.1) is 0 Å². The van der Waals surface area contributed by atoms with Crippen molar-refractivity contribution in [1.29, 1.82) is 0 Å². The Morgan fingerprint density at radius 1 is 0.964 bits per heavy atom. The zero-order valence-electron chi connectivity index (χ0n) is 18.2. The monoisotopic (exact) mass is 379 g/mol. The first-order chi connectivity index (χ1) is 13.0. The van der Waals surface area contributed by atoms with E-state index in [1.807, 2.05) is 30.3 Å². The summed E-state index contributed by atoms with van der Waals surface area (Å²) in [7, 11) is 0. The van der Waals surface area contributed by atoms with Gasteiger partial charge < -0.3 is 5.11 Å². The third kappa shape index (κ3) is 4.21. The zero-order valence-corrected chi connectivity index (χ0v) is 18.2. The van der Waals surface area contributed by atoms with Crippen molar-refractivity contribution in [3.63, 3.8) is 0 Å². The fraction of sp³-hybridized carbons (Fsp3) is 0.500. The van der Waals surface area contributed by atoms with Crippen molar-refractivity contribution in [2.75, 3.05) is 0 Å². The van der Waals surface area contributed by atoms with Crippen LogP contribution in [0, 0.1) is 11.3 Å². The van der Waals surface area contributed by atoms with E-state index in [9.17, 15) is 5.11 Å². The van der Waals surface area contributed by atoms with Crippen LogP contribution in [0.25, 0.3) is 16.7 Å². The minimum absolute atomic E-state index is 0.0284. The Labute approximate surface area is 168 Å². The quantitative estimate of drug-likeness (QED) is 0.601. The molecule has 0 aliphatic rings. The van der Waals surface area contributed by atoms with Crippen LogP contribution < -0.4 is 0 Å². The first-order valence-electron chi connectivity index (χ1n) is 10.2. The van der Waals surface area contributed by atoms with E-state index in [4.69, 9.17) is 0 Å². The van der Waals surface area contributed by atoms with Gasteiger partial charge in [0.25, 0.3) is 0 Å². The molecule has 0 bridgehead atoms. The van der Waals surface area contributed by atoms with E-state index in [1.165, 1.54) is 5.56 Å². The maximum atomic E-state index is 11.1. The molecule has 0 aliphatic heterocycles. The van der Waals surface area contributed by atoms with Crippen LogP contribution in [0.4, 0.5) is 0 Å². The standard InChI is InChI=1S/C24H33N3O/c1-16(23(2,3)4)12-13-17-14-18(24(5,6)7)15-21(22(17)28)27-25-19-10-8-9-11-20(19)26-27/h8-11,14-16,28H,12-13H2,1-7H3. The van der Waals surface area contributed by atoms with Gasteiger partial charge in [-0.2, -0.15) is 0 Å². The van der Waals surface area contributed by atoms with Crippen molar-refractivity contribution in [3.8, 4) is 11.4 Å². The molecule has 150 valence electrons. The van der Waals surface area contributed by atoms with Crippen molar-refractivity contribution in [3.05, 3.63) is 47.5 Å². The van der Waals surface area contributed by atoms with Crippen molar-refractivity contribution in [2.45, 2.75) is 66.7 Å². The van der Waals surface area contributed by atoms with Gasteiger partial charge in [-0.3, -0.25) is 0 Å². The molecular formula is C24H33N3O. The predicted octanol–water partition coefficient (Wildman–Crippen LogP) is 6.04.